The van der Waals surface area contributed by atoms with E-state index in [4.69, 9.17) is 28.4 Å². The Morgan fingerprint density at radius 2 is 1.00 bits per heavy atom. The van der Waals surface area contributed by atoms with Crippen LogP contribution in [0.4, 0.5) is 0 Å². The summed E-state index contributed by atoms with van der Waals surface area (Å²) in [5.74, 6) is -2.50. The number of hydrogen-bond acceptors (Lipinski definition) is 9. The molecule has 0 bridgehead atoms. The minimum atomic E-state index is -0.943. The van der Waals surface area contributed by atoms with Gasteiger partial charge in [0.05, 0.1) is 36.5 Å². The number of carbonyl (C=O) groups is 3. The van der Waals surface area contributed by atoms with Crippen molar-refractivity contribution in [3.05, 3.63) is 71.3 Å². The molecule has 0 N–H and O–H groups in total. The lowest BCUT2D eigenvalue weighted by Gasteiger charge is -2.18. The van der Waals surface area contributed by atoms with Crippen molar-refractivity contribution in [1.82, 2.24) is 0 Å². The number of carbonyl (C=O) groups excluding carboxylic acids is 3. The van der Waals surface area contributed by atoms with E-state index >= 15 is 0 Å². The predicted octanol–water partition coefficient (Wildman–Crippen LogP) is 4.97. The molecule has 0 aliphatic heterocycles. The van der Waals surface area contributed by atoms with Crippen LogP contribution in [-0.2, 0) is 28.4 Å². The first-order valence-electron chi connectivity index (χ1n) is 11.3. The zero-order chi connectivity index (χ0) is 27.4. The molecule has 0 radical (unpaired) electrons. The first-order valence-corrected chi connectivity index (χ1v) is 11.3. The smallest absolute Gasteiger partial charge is 0.341 e. The van der Waals surface area contributed by atoms with Gasteiger partial charge in [0.2, 0.25) is 18.9 Å². The number of rotatable bonds is 15. The Balaban J connectivity index is 3.15. The number of hydrogen-bond donors (Lipinski definition) is 0. The summed E-state index contributed by atoms with van der Waals surface area (Å²) in [4.78, 5) is 38.4. The van der Waals surface area contributed by atoms with Gasteiger partial charge in [0.25, 0.3) is 0 Å². The van der Waals surface area contributed by atoms with Gasteiger partial charge >= 0.3 is 17.9 Å². The van der Waals surface area contributed by atoms with Crippen LogP contribution in [0, 0.1) is 0 Å². The van der Waals surface area contributed by atoms with Gasteiger partial charge in [-0.3, -0.25) is 0 Å². The van der Waals surface area contributed by atoms with Crippen molar-refractivity contribution in [1.29, 1.82) is 0 Å². The highest BCUT2D eigenvalue weighted by Gasteiger charge is 2.25. The van der Waals surface area contributed by atoms with Crippen LogP contribution in [0.15, 0.2) is 54.7 Å². The van der Waals surface area contributed by atoms with E-state index < -0.39 is 36.8 Å². The van der Waals surface area contributed by atoms with Crippen molar-refractivity contribution >= 4 is 17.9 Å². The van der Waals surface area contributed by atoms with Crippen LogP contribution in [0.3, 0.4) is 0 Å². The van der Waals surface area contributed by atoms with E-state index in [0.717, 1.165) is 16.7 Å². The van der Waals surface area contributed by atoms with Crippen LogP contribution in [-0.4, -0.2) is 56.6 Å². The van der Waals surface area contributed by atoms with Gasteiger partial charge in [-0.05, 0) is 59.7 Å². The van der Waals surface area contributed by atoms with Crippen LogP contribution in [0.25, 0.3) is 0 Å². The first-order chi connectivity index (χ1) is 16.8. The maximum Gasteiger partial charge on any atom is 0.341 e. The van der Waals surface area contributed by atoms with E-state index in [-0.39, 0.29) is 36.5 Å². The predicted molar refractivity (Wildman–Crippen MR) is 133 cm³/mol. The van der Waals surface area contributed by atoms with Gasteiger partial charge in [-0.25, -0.2) is 14.4 Å². The van der Waals surface area contributed by atoms with Crippen LogP contribution in [0.2, 0.25) is 0 Å². The third kappa shape index (κ3) is 11.4. The molecule has 9 nitrogen and oxygen atoms in total. The van der Waals surface area contributed by atoms with E-state index in [2.05, 4.69) is 19.7 Å². The fourth-order valence-corrected chi connectivity index (χ4v) is 2.55. The second-order valence-electron chi connectivity index (χ2n) is 8.48. The number of ether oxygens (including phenoxy) is 6. The fourth-order valence-electron chi connectivity index (χ4n) is 2.55. The van der Waals surface area contributed by atoms with E-state index in [0.29, 0.717) is 0 Å². The van der Waals surface area contributed by atoms with Crippen molar-refractivity contribution in [2.45, 2.75) is 60.4 Å². The Morgan fingerprint density at radius 3 is 1.39 bits per heavy atom. The van der Waals surface area contributed by atoms with E-state index in [1.54, 1.807) is 27.7 Å². The third-order valence-electron chi connectivity index (χ3n) is 4.21. The zero-order valence-electron chi connectivity index (χ0n) is 21.9. The number of benzene rings is 1. The summed E-state index contributed by atoms with van der Waals surface area (Å²) < 4.78 is 32.0. The molecule has 0 aliphatic rings. The van der Waals surface area contributed by atoms with Crippen molar-refractivity contribution < 1.29 is 42.8 Å². The second kappa shape index (κ2) is 15.0. The van der Waals surface area contributed by atoms with Crippen LogP contribution >= 0.6 is 0 Å². The topological polar surface area (TPSA) is 107 Å². The van der Waals surface area contributed by atoms with Gasteiger partial charge in [0.1, 0.15) is 0 Å². The van der Waals surface area contributed by atoms with E-state index in [9.17, 15) is 14.4 Å². The molecule has 1 aromatic carbocycles. The highest BCUT2D eigenvalue weighted by atomic mass is 16.7. The van der Waals surface area contributed by atoms with Crippen molar-refractivity contribution in [3.63, 3.8) is 0 Å². The van der Waals surface area contributed by atoms with Crippen molar-refractivity contribution in [2.24, 2.45) is 0 Å². The Bertz CT molecular complexity index is 979. The average Bonchev–Trinajstić information content (AvgIpc) is 2.79. The quantitative estimate of drug-likeness (QED) is 0.142. The standard InChI is InChI=1S/C27H36O9/c1-16(2)13-31-19(7)34-25(28)22-10-11-23(26(29)35-20(8)32-14-17(3)4)24(12-22)27(30)36-21(9)33-15-18(5)6/h10-12,19-21H,1,3,5,13-15H2,2,4,6-9H3. The monoisotopic (exact) mass is 504 g/mol. The molecule has 0 heterocycles. The lowest BCUT2D eigenvalue weighted by Crippen LogP contribution is -2.24. The molecule has 36 heavy (non-hydrogen) atoms. The van der Waals surface area contributed by atoms with E-state index in [1.807, 2.05) is 0 Å². The molecule has 0 amide bonds. The van der Waals surface area contributed by atoms with Crippen LogP contribution in [0.5, 0.6) is 0 Å². The zero-order valence-corrected chi connectivity index (χ0v) is 21.9. The van der Waals surface area contributed by atoms with Gasteiger partial charge in [0, 0.05) is 0 Å². The Hall–Kier alpha value is -3.27. The third-order valence-corrected chi connectivity index (χ3v) is 4.21. The largest absolute Gasteiger partial charge is 0.432 e. The number of esters is 3. The molecule has 0 fully saturated rings. The summed E-state index contributed by atoms with van der Waals surface area (Å²) in [6.07, 6.45) is -2.72. The van der Waals surface area contributed by atoms with Gasteiger partial charge in [-0.2, -0.15) is 0 Å². The summed E-state index contributed by atoms with van der Waals surface area (Å²) in [5, 5.41) is 0. The van der Waals surface area contributed by atoms with Gasteiger partial charge < -0.3 is 28.4 Å². The molecule has 1 rings (SSSR count). The molecule has 9 heteroatoms. The summed E-state index contributed by atoms with van der Waals surface area (Å²) >= 11 is 0. The Labute approximate surface area is 212 Å². The highest BCUT2D eigenvalue weighted by Crippen LogP contribution is 2.19. The SMILES string of the molecule is C=C(C)COC(C)OC(=O)c1ccc(C(=O)OC(C)OCC(=C)C)c(C(=O)OC(C)OCC(=C)C)c1. The molecular weight excluding hydrogens is 468 g/mol. The molecule has 0 aliphatic carbocycles. The highest BCUT2D eigenvalue weighted by molar-refractivity contribution is 6.05. The summed E-state index contributed by atoms with van der Waals surface area (Å²) in [6, 6.07) is 3.80. The Kier molecular flexibility index (Phi) is 12.8. The average molecular weight is 505 g/mol. The molecule has 0 saturated carbocycles. The molecule has 1 aromatic rings. The van der Waals surface area contributed by atoms with Crippen LogP contribution in [0.1, 0.15) is 72.6 Å². The van der Waals surface area contributed by atoms with Crippen molar-refractivity contribution in [2.75, 3.05) is 19.8 Å². The molecule has 0 saturated heterocycles. The Morgan fingerprint density at radius 1 is 0.639 bits per heavy atom. The van der Waals surface area contributed by atoms with Gasteiger partial charge in [0.15, 0.2) is 0 Å². The lowest BCUT2D eigenvalue weighted by atomic mass is 10.0. The summed E-state index contributed by atoms with van der Waals surface area (Å²) in [5.41, 5.74) is 1.92. The molecule has 0 spiro atoms. The minimum absolute atomic E-state index is 0.00589. The van der Waals surface area contributed by atoms with Crippen LogP contribution < -0.4 is 0 Å². The molecule has 0 aromatic heterocycles. The fraction of sp³-hybridized carbons (Fsp3) is 0.444. The molecular formula is C27H36O9. The van der Waals surface area contributed by atoms with Crippen molar-refractivity contribution in [3.8, 4) is 0 Å². The normalized spacial score (nSPS) is 13.2. The molecule has 3 atom stereocenters. The van der Waals surface area contributed by atoms with E-state index in [1.165, 1.54) is 32.0 Å². The lowest BCUT2D eigenvalue weighted by molar-refractivity contribution is -0.0937. The first kappa shape index (κ1) is 30.8. The minimum Gasteiger partial charge on any atom is -0.432 e. The molecule has 3 unspecified atom stereocenters. The maximum absolute atomic E-state index is 12.9. The second-order valence-corrected chi connectivity index (χ2v) is 8.48. The van der Waals surface area contributed by atoms with Gasteiger partial charge in [-0.15, -0.1) is 0 Å². The summed E-state index contributed by atoms with van der Waals surface area (Å²) in [7, 11) is 0. The summed E-state index contributed by atoms with van der Waals surface area (Å²) in [6.45, 7) is 21.6. The van der Waals surface area contributed by atoms with Gasteiger partial charge in [-0.1, -0.05) is 36.5 Å². The molecule has 198 valence electrons. The maximum atomic E-state index is 12.9.